The van der Waals surface area contributed by atoms with Gasteiger partial charge in [0.2, 0.25) is 5.90 Å². The Kier molecular flexibility index (Phi) is 5.18. The third-order valence-corrected chi connectivity index (χ3v) is 3.61. The van der Waals surface area contributed by atoms with Gasteiger partial charge in [-0.2, -0.15) is 0 Å². The maximum atomic E-state index is 5.93. The second-order valence-corrected chi connectivity index (χ2v) is 5.90. The molecule has 0 bridgehead atoms. The molecular formula is C17H26N2O. The van der Waals surface area contributed by atoms with Gasteiger partial charge in [-0.15, -0.1) is 0 Å². The van der Waals surface area contributed by atoms with Crippen LogP contribution >= 0.6 is 0 Å². The molecule has 0 saturated carbocycles. The van der Waals surface area contributed by atoms with E-state index in [1.165, 1.54) is 24.0 Å². The lowest BCUT2D eigenvalue weighted by Crippen LogP contribution is -2.29. The number of ether oxygens (including phenoxy) is 1. The lowest BCUT2D eigenvalue weighted by atomic mass is 10.1. The van der Waals surface area contributed by atoms with Crippen LogP contribution in [0.15, 0.2) is 23.2 Å². The van der Waals surface area contributed by atoms with Crippen LogP contribution in [0.3, 0.4) is 0 Å². The van der Waals surface area contributed by atoms with Gasteiger partial charge < -0.3 is 4.74 Å². The van der Waals surface area contributed by atoms with Gasteiger partial charge >= 0.3 is 0 Å². The van der Waals surface area contributed by atoms with E-state index in [0.29, 0.717) is 0 Å². The summed E-state index contributed by atoms with van der Waals surface area (Å²) in [6.07, 6.45) is 2.75. The minimum atomic E-state index is 0.167. The van der Waals surface area contributed by atoms with Crippen molar-refractivity contribution in [1.29, 1.82) is 0 Å². The molecule has 2 rings (SSSR count). The van der Waals surface area contributed by atoms with Crippen LogP contribution in [0.4, 0.5) is 5.69 Å². The predicted molar refractivity (Wildman–Crippen MR) is 84.9 cm³/mol. The summed E-state index contributed by atoms with van der Waals surface area (Å²) in [6.45, 7) is 11.5. The van der Waals surface area contributed by atoms with Crippen molar-refractivity contribution in [1.82, 2.24) is 4.90 Å². The van der Waals surface area contributed by atoms with E-state index in [2.05, 4.69) is 50.8 Å². The summed E-state index contributed by atoms with van der Waals surface area (Å²) in [6, 6.07) is 6.29. The van der Waals surface area contributed by atoms with Crippen molar-refractivity contribution in [3.63, 3.8) is 0 Å². The van der Waals surface area contributed by atoms with Gasteiger partial charge in [0, 0.05) is 0 Å². The molecule has 20 heavy (non-hydrogen) atoms. The molecule has 0 aromatic heterocycles. The lowest BCUT2D eigenvalue weighted by Gasteiger charge is -2.19. The van der Waals surface area contributed by atoms with E-state index in [4.69, 9.17) is 9.73 Å². The fraction of sp³-hybridized carbons (Fsp3) is 0.588. The fourth-order valence-electron chi connectivity index (χ4n) is 2.61. The first-order valence-corrected chi connectivity index (χ1v) is 7.59. The van der Waals surface area contributed by atoms with E-state index >= 15 is 0 Å². The van der Waals surface area contributed by atoms with Crippen LogP contribution in [-0.4, -0.2) is 36.5 Å². The van der Waals surface area contributed by atoms with Crippen molar-refractivity contribution < 1.29 is 4.74 Å². The normalized spacial score (nSPS) is 16.9. The first-order chi connectivity index (χ1) is 9.56. The molecule has 1 heterocycles. The Bertz CT molecular complexity index is 454. The lowest BCUT2D eigenvalue weighted by molar-refractivity contribution is 0.210. The smallest absolute Gasteiger partial charge is 0.203 e. The van der Waals surface area contributed by atoms with Gasteiger partial charge in [0.25, 0.3) is 0 Å². The number of nitrogens with zero attached hydrogens (tertiary/aromatic N) is 2. The molecule has 0 unspecified atom stereocenters. The average Bonchev–Trinajstić information content (AvgIpc) is 2.86. The Morgan fingerprint density at radius 1 is 1.20 bits per heavy atom. The van der Waals surface area contributed by atoms with Gasteiger partial charge in [-0.25, -0.2) is 4.99 Å². The van der Waals surface area contributed by atoms with Crippen LogP contribution in [0.1, 0.15) is 37.8 Å². The Morgan fingerprint density at radius 3 is 2.35 bits per heavy atom. The predicted octanol–water partition coefficient (Wildman–Crippen LogP) is 3.85. The first kappa shape index (κ1) is 15.0. The first-order valence-electron chi connectivity index (χ1n) is 7.59. The molecular weight excluding hydrogens is 248 g/mol. The van der Waals surface area contributed by atoms with E-state index in [1.54, 1.807) is 0 Å². The monoisotopic (exact) mass is 274 g/mol. The number of rotatable bonds is 4. The van der Waals surface area contributed by atoms with Crippen LogP contribution < -0.4 is 0 Å². The molecule has 0 amide bonds. The van der Waals surface area contributed by atoms with E-state index in [0.717, 1.165) is 31.2 Å². The zero-order valence-corrected chi connectivity index (χ0v) is 13.1. The molecule has 0 spiro atoms. The Morgan fingerprint density at radius 2 is 1.80 bits per heavy atom. The highest BCUT2D eigenvalue weighted by molar-refractivity contribution is 5.82. The summed E-state index contributed by atoms with van der Waals surface area (Å²) in [5.74, 6) is 0.847. The van der Waals surface area contributed by atoms with Crippen molar-refractivity contribution in [2.24, 2.45) is 4.99 Å². The number of para-hydroxylation sites is 1. The minimum absolute atomic E-state index is 0.167. The summed E-state index contributed by atoms with van der Waals surface area (Å²) >= 11 is 0. The molecule has 1 aromatic rings. The highest BCUT2D eigenvalue weighted by Crippen LogP contribution is 2.24. The Balaban J connectivity index is 2.22. The summed E-state index contributed by atoms with van der Waals surface area (Å²) in [5.41, 5.74) is 3.47. The average molecular weight is 274 g/mol. The molecule has 110 valence electrons. The molecule has 0 atom stereocenters. The van der Waals surface area contributed by atoms with Crippen molar-refractivity contribution in [3.05, 3.63) is 29.3 Å². The summed E-state index contributed by atoms with van der Waals surface area (Å²) in [7, 11) is 0. The van der Waals surface area contributed by atoms with Crippen molar-refractivity contribution in [2.75, 3.05) is 19.6 Å². The highest BCUT2D eigenvalue weighted by atomic mass is 16.5. The second kappa shape index (κ2) is 6.89. The number of benzene rings is 1. The van der Waals surface area contributed by atoms with Gasteiger partial charge in [0.1, 0.15) is 0 Å². The molecule has 0 N–H and O–H groups in total. The molecule has 1 aliphatic rings. The van der Waals surface area contributed by atoms with Crippen LogP contribution in [0.2, 0.25) is 0 Å². The molecule has 3 heteroatoms. The molecule has 1 fully saturated rings. The maximum Gasteiger partial charge on any atom is 0.203 e. The van der Waals surface area contributed by atoms with Crippen molar-refractivity contribution in [3.8, 4) is 0 Å². The van der Waals surface area contributed by atoms with Crippen LogP contribution in [0, 0.1) is 13.8 Å². The van der Waals surface area contributed by atoms with Crippen LogP contribution in [0.5, 0.6) is 0 Å². The van der Waals surface area contributed by atoms with E-state index < -0.39 is 0 Å². The summed E-state index contributed by atoms with van der Waals surface area (Å²) < 4.78 is 5.93. The second-order valence-electron chi connectivity index (χ2n) is 5.90. The SMILES string of the molecule is Cc1cccc(C)c1N=C(CN1CCCC1)OC(C)C. The largest absolute Gasteiger partial charge is 0.477 e. The number of aliphatic imine (C=N–C) groups is 1. The molecule has 1 saturated heterocycles. The van der Waals surface area contributed by atoms with Gasteiger partial charge in [-0.1, -0.05) is 18.2 Å². The molecule has 1 aromatic carbocycles. The Labute approximate surface area is 122 Å². The van der Waals surface area contributed by atoms with Gasteiger partial charge in [0.05, 0.1) is 18.3 Å². The summed E-state index contributed by atoms with van der Waals surface area (Å²) in [4.78, 5) is 7.24. The third kappa shape index (κ3) is 4.07. The zero-order chi connectivity index (χ0) is 14.5. The van der Waals surface area contributed by atoms with E-state index in [9.17, 15) is 0 Å². The van der Waals surface area contributed by atoms with E-state index in [1.807, 2.05) is 0 Å². The number of aryl methyl sites for hydroxylation is 2. The van der Waals surface area contributed by atoms with Gasteiger partial charge in [0.15, 0.2) is 0 Å². The van der Waals surface area contributed by atoms with Crippen molar-refractivity contribution in [2.45, 2.75) is 46.6 Å². The van der Waals surface area contributed by atoms with Crippen LogP contribution in [0.25, 0.3) is 0 Å². The number of hydrogen-bond donors (Lipinski definition) is 0. The molecule has 3 nitrogen and oxygen atoms in total. The molecule has 1 aliphatic heterocycles. The topological polar surface area (TPSA) is 24.8 Å². The standard InChI is InChI=1S/C17H26N2O/c1-13(2)20-16(12-19-10-5-6-11-19)18-17-14(3)8-7-9-15(17)4/h7-9,13H,5-6,10-12H2,1-4H3. The van der Waals surface area contributed by atoms with Crippen molar-refractivity contribution >= 4 is 11.6 Å². The van der Waals surface area contributed by atoms with E-state index in [-0.39, 0.29) is 6.10 Å². The Hall–Kier alpha value is -1.35. The van der Waals surface area contributed by atoms with Crippen LogP contribution in [-0.2, 0) is 4.74 Å². The van der Waals surface area contributed by atoms with Gasteiger partial charge in [-0.3, -0.25) is 4.90 Å². The fourth-order valence-corrected chi connectivity index (χ4v) is 2.61. The molecule has 0 radical (unpaired) electrons. The highest BCUT2D eigenvalue weighted by Gasteiger charge is 2.16. The number of hydrogen-bond acceptors (Lipinski definition) is 3. The summed E-state index contributed by atoms with van der Waals surface area (Å²) in [5, 5.41) is 0. The van der Waals surface area contributed by atoms with Gasteiger partial charge in [-0.05, 0) is 64.8 Å². The zero-order valence-electron chi connectivity index (χ0n) is 13.1. The molecule has 0 aliphatic carbocycles. The number of likely N-dealkylation sites (tertiary alicyclic amines) is 1. The maximum absolute atomic E-state index is 5.93. The third-order valence-electron chi connectivity index (χ3n) is 3.61. The minimum Gasteiger partial charge on any atom is -0.477 e. The quantitative estimate of drug-likeness (QED) is 0.615.